The van der Waals surface area contributed by atoms with Crippen LogP contribution < -0.4 is 22.1 Å². The molecule has 4 aromatic rings. The molecule has 4 aliphatic carbocycles. The van der Waals surface area contributed by atoms with E-state index in [2.05, 4.69) is 93.4 Å². The van der Waals surface area contributed by atoms with Gasteiger partial charge in [0.1, 0.15) is 0 Å². The van der Waals surface area contributed by atoms with E-state index in [0.717, 1.165) is 89.8 Å². The van der Waals surface area contributed by atoms with Gasteiger partial charge in [-0.25, -0.2) is 0 Å². The maximum Gasteiger partial charge on any atom is 0.0613 e. The monoisotopic (exact) mass is 821 g/mol. The highest BCUT2D eigenvalue weighted by atomic mass is 15.2. The van der Waals surface area contributed by atoms with Crippen LogP contribution in [0.4, 0.5) is 0 Å². The zero-order valence-electron chi connectivity index (χ0n) is 36.7. The van der Waals surface area contributed by atoms with E-state index in [1.165, 1.54) is 115 Å². The van der Waals surface area contributed by atoms with Crippen LogP contribution in [0.3, 0.4) is 0 Å². The van der Waals surface area contributed by atoms with Gasteiger partial charge in [0.05, 0.1) is 23.5 Å². The first-order valence-corrected chi connectivity index (χ1v) is 24.5. The minimum absolute atomic E-state index is 0.346. The van der Waals surface area contributed by atoms with Crippen LogP contribution in [0.1, 0.15) is 145 Å². The lowest BCUT2D eigenvalue weighted by Gasteiger charge is -2.43. The molecule has 4 heterocycles. The third-order valence-corrected chi connectivity index (χ3v) is 16.3. The molecule has 2 fully saturated rings. The van der Waals surface area contributed by atoms with Crippen LogP contribution in [-0.4, -0.2) is 70.6 Å². The molecule has 2 aromatic carbocycles. The highest BCUT2D eigenvalue weighted by Gasteiger charge is 2.37. The van der Waals surface area contributed by atoms with Gasteiger partial charge >= 0.3 is 0 Å². The van der Waals surface area contributed by atoms with Crippen molar-refractivity contribution in [2.75, 3.05) is 32.7 Å². The van der Waals surface area contributed by atoms with Gasteiger partial charge in [-0.05, 0) is 172 Å². The predicted octanol–water partition coefficient (Wildman–Crippen LogP) is 8.14. The zero-order valence-corrected chi connectivity index (χ0v) is 36.7. The Kier molecular flexibility index (Phi) is 13.0. The van der Waals surface area contributed by atoms with Gasteiger partial charge in [-0.3, -0.25) is 19.8 Å². The molecule has 2 aliphatic heterocycles. The molecule has 8 heteroatoms. The molecular weight excluding hydrogens is 749 g/mol. The maximum absolute atomic E-state index is 6.37. The van der Waals surface area contributed by atoms with E-state index in [4.69, 9.17) is 21.4 Å². The first-order chi connectivity index (χ1) is 30.0. The molecule has 10 rings (SSSR count). The molecule has 0 saturated heterocycles. The minimum Gasteiger partial charge on any atom is -0.330 e. The SMILES string of the molecule is NC[C@H]1CC[C@@H](CN(C[C@H]2Cc3ccccc3CN2)C2CCC(c3ccc4c(c3)CN[C@@H](CN(C[C@H]3CC[C@@H](N)CC3)[C@H]3CCCc5cccnc53)C4)c3cccnc32)CC1. The summed E-state index contributed by atoms with van der Waals surface area (Å²) in [5.41, 5.74) is 25.5. The van der Waals surface area contributed by atoms with Crippen molar-refractivity contribution in [2.24, 2.45) is 29.2 Å². The van der Waals surface area contributed by atoms with Crippen molar-refractivity contribution in [3.8, 4) is 0 Å². The van der Waals surface area contributed by atoms with Crippen LogP contribution in [-0.2, 0) is 32.4 Å². The number of aromatic nitrogens is 2. The predicted molar refractivity (Wildman–Crippen MR) is 247 cm³/mol. The molecule has 6 aliphatic rings. The van der Waals surface area contributed by atoms with Crippen molar-refractivity contribution >= 4 is 0 Å². The third-order valence-electron chi connectivity index (χ3n) is 16.3. The van der Waals surface area contributed by atoms with Gasteiger partial charge in [0.25, 0.3) is 0 Å². The second-order valence-corrected chi connectivity index (χ2v) is 20.3. The normalized spacial score (nSPS) is 30.0. The van der Waals surface area contributed by atoms with Gasteiger partial charge in [0.2, 0.25) is 0 Å². The molecule has 0 radical (unpaired) electrons. The van der Waals surface area contributed by atoms with Crippen LogP contribution in [0, 0.1) is 17.8 Å². The van der Waals surface area contributed by atoms with Crippen molar-refractivity contribution in [3.63, 3.8) is 0 Å². The van der Waals surface area contributed by atoms with E-state index in [1.807, 2.05) is 6.20 Å². The topological polar surface area (TPSA) is 108 Å². The molecule has 0 spiro atoms. The number of nitrogens with zero attached hydrogens (tertiary/aromatic N) is 4. The number of nitrogens with two attached hydrogens (primary N) is 2. The van der Waals surface area contributed by atoms with Crippen molar-refractivity contribution < 1.29 is 0 Å². The standard InChI is InChI=1S/C53H72N8/c54-29-36-12-14-37(15-13-36)32-61(35-46-27-40-6-1-2-7-43(40)30-58-46)51-23-22-48(49-10-5-25-57-53(49)51)42-19-18-41-28-47(59-31-44(41)26-42)34-60(33-38-16-20-45(55)21-17-38)50-11-3-8-39-9-4-24-56-52(39)50/h1-2,4-7,9-10,18-19,24-26,36-38,45-48,50-51,58-59H,3,8,11-17,20-23,27-35,54-55H2/t36-,37+,38-,45+,46-,47-,48?,50+,51?/m1/s1. The molecule has 61 heavy (non-hydrogen) atoms. The van der Waals surface area contributed by atoms with Crippen molar-refractivity contribution in [3.05, 3.63) is 129 Å². The molecular formula is C53H72N8. The molecule has 5 atom stereocenters. The van der Waals surface area contributed by atoms with E-state index in [1.54, 1.807) is 0 Å². The summed E-state index contributed by atoms with van der Waals surface area (Å²) in [6, 6.07) is 27.6. The second-order valence-electron chi connectivity index (χ2n) is 20.3. The average Bonchev–Trinajstić information content (AvgIpc) is 3.31. The summed E-state index contributed by atoms with van der Waals surface area (Å²) in [7, 11) is 0. The van der Waals surface area contributed by atoms with E-state index >= 15 is 0 Å². The summed E-state index contributed by atoms with van der Waals surface area (Å²) >= 11 is 0. The fourth-order valence-corrected chi connectivity index (χ4v) is 12.8. The smallest absolute Gasteiger partial charge is 0.0613 e. The molecule has 324 valence electrons. The lowest BCUT2D eigenvalue weighted by Crippen LogP contribution is -2.48. The van der Waals surface area contributed by atoms with Gasteiger partial charge in [0, 0.05) is 75.7 Å². The number of hydrogen-bond donors (Lipinski definition) is 4. The van der Waals surface area contributed by atoms with E-state index < -0.39 is 0 Å². The van der Waals surface area contributed by atoms with E-state index in [0.29, 0.717) is 42.0 Å². The summed E-state index contributed by atoms with van der Waals surface area (Å²) in [5.74, 6) is 2.54. The molecule has 6 N–H and O–H groups in total. The number of aryl methyl sites for hydroxylation is 1. The van der Waals surface area contributed by atoms with Crippen LogP contribution >= 0.6 is 0 Å². The molecule has 0 bridgehead atoms. The Hall–Kier alpha value is -3.50. The molecule has 2 aromatic heterocycles. The number of rotatable bonds is 12. The fraction of sp³-hybridized carbons (Fsp3) is 0.585. The van der Waals surface area contributed by atoms with Crippen molar-refractivity contribution in [1.29, 1.82) is 0 Å². The van der Waals surface area contributed by atoms with Crippen LogP contribution in [0.15, 0.2) is 79.1 Å². The number of pyridine rings is 2. The zero-order chi connectivity index (χ0) is 41.1. The Morgan fingerprint density at radius 2 is 1.16 bits per heavy atom. The van der Waals surface area contributed by atoms with E-state index in [-0.39, 0.29) is 0 Å². The van der Waals surface area contributed by atoms with Gasteiger partial charge in [-0.2, -0.15) is 0 Å². The Morgan fingerprint density at radius 1 is 0.557 bits per heavy atom. The summed E-state index contributed by atoms with van der Waals surface area (Å²) in [6.45, 7) is 7.19. The summed E-state index contributed by atoms with van der Waals surface area (Å²) in [6.07, 6.45) is 22.2. The van der Waals surface area contributed by atoms with Crippen molar-refractivity contribution in [1.82, 2.24) is 30.4 Å². The van der Waals surface area contributed by atoms with Crippen LogP contribution in [0.25, 0.3) is 0 Å². The quantitative estimate of drug-likeness (QED) is 0.114. The van der Waals surface area contributed by atoms with Crippen molar-refractivity contribution in [2.45, 2.75) is 146 Å². The summed E-state index contributed by atoms with van der Waals surface area (Å²) in [4.78, 5) is 16.0. The molecule has 2 unspecified atom stereocenters. The number of nitrogens with one attached hydrogen (secondary N) is 2. The van der Waals surface area contributed by atoms with Gasteiger partial charge in [-0.15, -0.1) is 0 Å². The minimum atomic E-state index is 0.346. The number of hydrogen-bond acceptors (Lipinski definition) is 8. The largest absolute Gasteiger partial charge is 0.330 e. The first kappa shape index (κ1) is 41.5. The summed E-state index contributed by atoms with van der Waals surface area (Å²) in [5, 5.41) is 8.01. The molecule has 0 amide bonds. The lowest BCUT2D eigenvalue weighted by atomic mass is 9.76. The Morgan fingerprint density at radius 3 is 1.90 bits per heavy atom. The highest BCUT2D eigenvalue weighted by Crippen LogP contribution is 2.45. The van der Waals surface area contributed by atoms with Gasteiger partial charge in [0.15, 0.2) is 0 Å². The van der Waals surface area contributed by atoms with Crippen LogP contribution in [0.5, 0.6) is 0 Å². The number of fused-ring (bicyclic) bond motifs is 4. The number of benzene rings is 2. The van der Waals surface area contributed by atoms with Crippen LogP contribution in [0.2, 0.25) is 0 Å². The fourth-order valence-electron chi connectivity index (χ4n) is 12.8. The molecule has 8 nitrogen and oxygen atoms in total. The summed E-state index contributed by atoms with van der Waals surface area (Å²) < 4.78 is 0. The Bertz CT molecular complexity index is 2070. The van der Waals surface area contributed by atoms with Gasteiger partial charge in [-0.1, -0.05) is 54.6 Å². The lowest BCUT2D eigenvalue weighted by molar-refractivity contribution is 0.109. The first-order valence-electron chi connectivity index (χ1n) is 24.5. The maximum atomic E-state index is 6.37. The average molecular weight is 821 g/mol. The third kappa shape index (κ3) is 9.42. The molecule has 2 saturated carbocycles. The highest BCUT2D eigenvalue weighted by molar-refractivity contribution is 5.43. The second kappa shape index (κ2) is 19.1. The van der Waals surface area contributed by atoms with Gasteiger partial charge < -0.3 is 22.1 Å². The Balaban J connectivity index is 0.854. The Labute approximate surface area is 366 Å². The van der Waals surface area contributed by atoms with E-state index in [9.17, 15) is 0 Å².